The van der Waals surface area contributed by atoms with Gasteiger partial charge in [-0.1, -0.05) is 17.7 Å². The van der Waals surface area contributed by atoms with Crippen LogP contribution < -0.4 is 5.32 Å². The maximum Gasteiger partial charge on any atom is 0.409 e. The minimum Gasteiger partial charge on any atom is -0.450 e. The molecule has 0 bridgehead atoms. The van der Waals surface area contributed by atoms with Gasteiger partial charge in [0.15, 0.2) is 0 Å². The van der Waals surface area contributed by atoms with Gasteiger partial charge in [-0.2, -0.15) is 0 Å². The third-order valence-corrected chi connectivity index (χ3v) is 4.75. The molecule has 0 saturated carbocycles. The van der Waals surface area contributed by atoms with Gasteiger partial charge in [-0.15, -0.1) is 0 Å². The van der Waals surface area contributed by atoms with Crippen molar-refractivity contribution in [3.8, 4) is 0 Å². The summed E-state index contributed by atoms with van der Waals surface area (Å²) in [4.78, 5) is 39.5. The molecular formula is C20H29N3O4. The zero-order valence-corrected chi connectivity index (χ0v) is 16.4. The molecule has 1 aromatic rings. The van der Waals surface area contributed by atoms with E-state index in [9.17, 15) is 14.4 Å². The number of amides is 3. The van der Waals surface area contributed by atoms with E-state index in [2.05, 4.69) is 5.32 Å². The lowest BCUT2D eigenvalue weighted by atomic mass is 10.0. The first kappa shape index (κ1) is 20.7. The highest BCUT2D eigenvalue weighted by molar-refractivity contribution is 5.94. The number of aryl methyl sites for hydroxylation is 1. The van der Waals surface area contributed by atoms with Crippen molar-refractivity contribution in [1.82, 2.24) is 15.1 Å². The van der Waals surface area contributed by atoms with Gasteiger partial charge in [0.05, 0.1) is 6.61 Å². The number of piperidine rings is 1. The van der Waals surface area contributed by atoms with Crippen molar-refractivity contribution < 1.29 is 19.1 Å². The molecule has 1 aliphatic rings. The van der Waals surface area contributed by atoms with Crippen molar-refractivity contribution in [3.05, 3.63) is 35.4 Å². The summed E-state index contributed by atoms with van der Waals surface area (Å²) in [6, 6.07) is 7.48. The van der Waals surface area contributed by atoms with E-state index in [0.29, 0.717) is 51.2 Å². The summed E-state index contributed by atoms with van der Waals surface area (Å²) in [6.07, 6.45) is 1.13. The predicted octanol–water partition coefficient (Wildman–Crippen LogP) is 2.19. The molecule has 0 aromatic heterocycles. The quantitative estimate of drug-likeness (QED) is 0.827. The van der Waals surface area contributed by atoms with E-state index in [1.807, 2.05) is 25.1 Å². The van der Waals surface area contributed by atoms with Crippen LogP contribution in [0.4, 0.5) is 4.79 Å². The van der Waals surface area contributed by atoms with Gasteiger partial charge in [-0.25, -0.2) is 4.79 Å². The van der Waals surface area contributed by atoms with Gasteiger partial charge < -0.3 is 19.9 Å². The van der Waals surface area contributed by atoms with Crippen molar-refractivity contribution in [2.24, 2.45) is 0 Å². The number of ether oxygens (including phenoxy) is 1. The van der Waals surface area contributed by atoms with Crippen molar-refractivity contribution >= 4 is 17.9 Å². The Kier molecular flexibility index (Phi) is 7.64. The van der Waals surface area contributed by atoms with Crippen molar-refractivity contribution in [3.63, 3.8) is 0 Å². The number of benzene rings is 1. The number of nitrogens with zero attached hydrogens (tertiary/aromatic N) is 2. The van der Waals surface area contributed by atoms with Crippen LogP contribution in [0.25, 0.3) is 0 Å². The Bertz CT molecular complexity index is 669. The summed E-state index contributed by atoms with van der Waals surface area (Å²) < 4.78 is 5.03. The van der Waals surface area contributed by atoms with E-state index in [-0.39, 0.29) is 23.9 Å². The van der Waals surface area contributed by atoms with Crippen LogP contribution in [0.15, 0.2) is 24.3 Å². The van der Waals surface area contributed by atoms with E-state index in [4.69, 9.17) is 4.74 Å². The molecule has 0 spiro atoms. The molecule has 1 heterocycles. The summed E-state index contributed by atoms with van der Waals surface area (Å²) in [5.74, 6) is -0.159. The van der Waals surface area contributed by atoms with Crippen LogP contribution in [0.5, 0.6) is 0 Å². The highest BCUT2D eigenvalue weighted by atomic mass is 16.6. The van der Waals surface area contributed by atoms with Crippen molar-refractivity contribution in [2.45, 2.75) is 39.7 Å². The molecule has 0 unspecified atom stereocenters. The zero-order valence-electron chi connectivity index (χ0n) is 16.4. The summed E-state index contributed by atoms with van der Waals surface area (Å²) in [5.41, 5.74) is 1.65. The van der Waals surface area contributed by atoms with Crippen LogP contribution in [-0.2, 0) is 9.53 Å². The average Bonchev–Trinajstić information content (AvgIpc) is 2.65. The highest BCUT2D eigenvalue weighted by Gasteiger charge is 2.28. The topological polar surface area (TPSA) is 79.0 Å². The average molecular weight is 375 g/mol. The fraction of sp³-hybridized carbons (Fsp3) is 0.550. The maximum absolute atomic E-state index is 12.2. The molecule has 27 heavy (non-hydrogen) atoms. The van der Waals surface area contributed by atoms with E-state index in [1.54, 1.807) is 29.7 Å². The van der Waals surface area contributed by atoms with Gasteiger partial charge >= 0.3 is 6.09 Å². The number of nitrogens with one attached hydrogen (secondary N) is 1. The van der Waals surface area contributed by atoms with Gasteiger partial charge in [0.25, 0.3) is 5.91 Å². The second-order valence-corrected chi connectivity index (χ2v) is 6.75. The molecular weight excluding hydrogens is 346 g/mol. The van der Waals surface area contributed by atoms with Crippen molar-refractivity contribution in [1.29, 1.82) is 0 Å². The number of carbonyl (C=O) groups is 3. The van der Waals surface area contributed by atoms with Gasteiger partial charge in [0.2, 0.25) is 5.91 Å². The standard InChI is InChI=1S/C20H29N3O4/c1-4-27-20(26)22-11-8-18(9-12-22)23(16(3)24)13-10-21-19(25)17-7-5-6-15(2)14-17/h5-7,14,18H,4,8-13H2,1-3H3,(H,21,25). The van der Waals surface area contributed by atoms with Crippen LogP contribution in [0.1, 0.15) is 42.6 Å². The SMILES string of the molecule is CCOC(=O)N1CCC(N(CCNC(=O)c2cccc(C)c2)C(C)=O)CC1. The number of hydrogen-bond donors (Lipinski definition) is 1. The second kappa shape index (κ2) is 9.94. The summed E-state index contributed by atoms with van der Waals surface area (Å²) >= 11 is 0. The fourth-order valence-electron chi connectivity index (χ4n) is 3.35. The number of carbonyl (C=O) groups excluding carboxylic acids is 3. The van der Waals surface area contributed by atoms with Crippen LogP contribution in [-0.4, -0.2) is 66.5 Å². The first-order valence-corrected chi connectivity index (χ1v) is 9.46. The lowest BCUT2D eigenvalue weighted by molar-refractivity contribution is -0.131. The molecule has 7 nitrogen and oxygen atoms in total. The molecule has 1 aromatic carbocycles. The molecule has 1 fully saturated rings. The van der Waals surface area contributed by atoms with Crippen LogP contribution in [0, 0.1) is 6.92 Å². The Balaban J connectivity index is 1.83. The van der Waals surface area contributed by atoms with Gasteiger partial charge in [0.1, 0.15) is 0 Å². The monoisotopic (exact) mass is 375 g/mol. The Morgan fingerprint density at radius 1 is 1.26 bits per heavy atom. The minimum atomic E-state index is -0.296. The third kappa shape index (κ3) is 5.98. The minimum absolute atomic E-state index is 0.0191. The Hall–Kier alpha value is -2.57. The molecule has 1 N–H and O–H groups in total. The molecule has 1 aliphatic heterocycles. The number of rotatable bonds is 6. The molecule has 0 atom stereocenters. The van der Waals surface area contributed by atoms with Crippen LogP contribution >= 0.6 is 0 Å². The van der Waals surface area contributed by atoms with E-state index in [0.717, 1.165) is 5.56 Å². The maximum atomic E-state index is 12.2. The van der Waals surface area contributed by atoms with Crippen LogP contribution in [0.3, 0.4) is 0 Å². The number of likely N-dealkylation sites (tertiary alicyclic amines) is 1. The van der Waals surface area contributed by atoms with Gasteiger partial charge in [0, 0.05) is 44.7 Å². The predicted molar refractivity (Wildman–Crippen MR) is 103 cm³/mol. The first-order valence-electron chi connectivity index (χ1n) is 9.46. The summed E-state index contributed by atoms with van der Waals surface area (Å²) in [7, 11) is 0. The molecule has 0 radical (unpaired) electrons. The Morgan fingerprint density at radius 2 is 1.96 bits per heavy atom. The van der Waals surface area contributed by atoms with Crippen LogP contribution in [0.2, 0.25) is 0 Å². The Labute approximate surface area is 160 Å². The summed E-state index contributed by atoms with van der Waals surface area (Å²) in [5, 5.41) is 2.88. The largest absolute Gasteiger partial charge is 0.450 e. The highest BCUT2D eigenvalue weighted by Crippen LogP contribution is 2.17. The zero-order chi connectivity index (χ0) is 19.8. The van der Waals surface area contributed by atoms with Gasteiger partial charge in [-0.05, 0) is 38.8 Å². The number of hydrogen-bond acceptors (Lipinski definition) is 4. The summed E-state index contributed by atoms with van der Waals surface area (Å²) in [6.45, 7) is 7.62. The van der Waals surface area contributed by atoms with E-state index in [1.165, 1.54) is 0 Å². The van der Waals surface area contributed by atoms with E-state index < -0.39 is 0 Å². The molecule has 7 heteroatoms. The molecule has 1 saturated heterocycles. The lowest BCUT2D eigenvalue weighted by Gasteiger charge is -2.37. The Morgan fingerprint density at radius 3 is 2.56 bits per heavy atom. The third-order valence-electron chi connectivity index (χ3n) is 4.75. The normalized spacial score (nSPS) is 14.6. The molecule has 0 aliphatic carbocycles. The smallest absolute Gasteiger partial charge is 0.409 e. The molecule has 148 valence electrons. The second-order valence-electron chi connectivity index (χ2n) is 6.75. The molecule has 2 rings (SSSR count). The van der Waals surface area contributed by atoms with Gasteiger partial charge in [-0.3, -0.25) is 9.59 Å². The van der Waals surface area contributed by atoms with Crippen molar-refractivity contribution in [2.75, 3.05) is 32.8 Å². The fourth-order valence-corrected chi connectivity index (χ4v) is 3.35. The first-order chi connectivity index (χ1) is 12.9. The molecule has 3 amide bonds. The lowest BCUT2D eigenvalue weighted by Crippen LogP contribution is -2.50. The van der Waals surface area contributed by atoms with E-state index >= 15 is 0 Å².